The number of fused-ring (bicyclic) bond motifs is 1. The van der Waals surface area contributed by atoms with Gasteiger partial charge in [0.25, 0.3) is 0 Å². The molecule has 0 radical (unpaired) electrons. The summed E-state index contributed by atoms with van der Waals surface area (Å²) < 4.78 is 74.8. The van der Waals surface area contributed by atoms with Gasteiger partial charge in [-0.05, 0) is 32.0 Å². The molecule has 0 aromatic carbocycles. The molecule has 2 aliphatic rings. The van der Waals surface area contributed by atoms with Crippen molar-refractivity contribution in [1.29, 1.82) is 0 Å². The Morgan fingerprint density at radius 2 is 1.71 bits per heavy atom. The van der Waals surface area contributed by atoms with Crippen LogP contribution in [0, 0.1) is 0 Å². The molecule has 1 aromatic heterocycles. The van der Waals surface area contributed by atoms with E-state index >= 15 is 0 Å². The highest BCUT2D eigenvalue weighted by Gasteiger charge is 2.40. The van der Waals surface area contributed by atoms with E-state index in [4.69, 9.17) is 29.0 Å². The van der Waals surface area contributed by atoms with Gasteiger partial charge >= 0.3 is 24.3 Å². The topological polar surface area (TPSA) is 112 Å². The SMILES string of the molecule is CN(Cc1ccco1)[C@@H]1CN[C@@H]2CCCO[C@H]12.O=C(O)C(F)(F)F.O=C(O)C(F)(F)F. The minimum atomic E-state index is -5.08. The summed E-state index contributed by atoms with van der Waals surface area (Å²) >= 11 is 0. The number of hydrogen-bond acceptors (Lipinski definition) is 6. The molecule has 2 aliphatic heterocycles. The van der Waals surface area contributed by atoms with Gasteiger partial charge in [-0.3, -0.25) is 4.90 Å². The first-order chi connectivity index (χ1) is 14.2. The van der Waals surface area contributed by atoms with Crippen LogP contribution in [0.1, 0.15) is 18.6 Å². The van der Waals surface area contributed by atoms with Crippen molar-refractivity contribution >= 4 is 11.9 Å². The van der Waals surface area contributed by atoms with E-state index in [-0.39, 0.29) is 0 Å². The van der Waals surface area contributed by atoms with Crippen molar-refractivity contribution in [2.45, 2.75) is 49.9 Å². The Balaban J connectivity index is 0.000000288. The minimum absolute atomic E-state index is 0.351. The third-order valence-corrected chi connectivity index (χ3v) is 4.37. The lowest BCUT2D eigenvalue weighted by Crippen LogP contribution is -2.45. The second-order valence-corrected chi connectivity index (χ2v) is 6.66. The molecule has 2 fully saturated rings. The Morgan fingerprint density at radius 1 is 1.16 bits per heavy atom. The molecule has 0 bridgehead atoms. The van der Waals surface area contributed by atoms with Gasteiger partial charge in [-0.15, -0.1) is 0 Å². The van der Waals surface area contributed by atoms with Crippen LogP contribution in [0.25, 0.3) is 0 Å². The Kier molecular flexibility index (Phi) is 9.77. The fourth-order valence-corrected chi connectivity index (χ4v) is 2.96. The number of alkyl halides is 6. The number of nitrogens with zero attached hydrogens (tertiary/aromatic N) is 1. The number of aliphatic carboxylic acids is 2. The van der Waals surface area contributed by atoms with E-state index in [1.54, 1.807) is 6.26 Å². The van der Waals surface area contributed by atoms with Gasteiger partial charge in [0.15, 0.2) is 0 Å². The molecule has 1 aromatic rings. The zero-order valence-corrected chi connectivity index (χ0v) is 16.2. The van der Waals surface area contributed by atoms with Crippen molar-refractivity contribution in [2.75, 3.05) is 20.2 Å². The quantitative estimate of drug-likeness (QED) is 0.586. The van der Waals surface area contributed by atoms with Crippen LogP contribution in [-0.4, -0.2) is 77.8 Å². The number of hydrogen-bond donors (Lipinski definition) is 3. The van der Waals surface area contributed by atoms with Crippen molar-refractivity contribution in [3.8, 4) is 0 Å². The zero-order chi connectivity index (χ0) is 23.8. The third-order valence-electron chi connectivity index (χ3n) is 4.37. The number of ether oxygens (including phenoxy) is 1. The molecular weight excluding hydrogens is 442 g/mol. The number of carboxylic acid groups (broad SMARTS) is 2. The van der Waals surface area contributed by atoms with Crippen LogP contribution in [0.15, 0.2) is 22.8 Å². The summed E-state index contributed by atoms with van der Waals surface area (Å²) in [5, 5.41) is 17.8. The highest BCUT2D eigenvalue weighted by Crippen LogP contribution is 2.25. The second kappa shape index (κ2) is 11.3. The molecule has 8 nitrogen and oxygen atoms in total. The van der Waals surface area contributed by atoms with Gasteiger partial charge in [0, 0.05) is 25.2 Å². The number of likely N-dealkylation sites (N-methyl/N-ethyl adjacent to an activating group) is 1. The third kappa shape index (κ3) is 9.14. The number of rotatable bonds is 3. The van der Waals surface area contributed by atoms with Gasteiger partial charge in [-0.25, -0.2) is 9.59 Å². The summed E-state index contributed by atoms with van der Waals surface area (Å²) in [7, 11) is 2.15. The average Bonchev–Trinajstić information content (AvgIpc) is 3.30. The van der Waals surface area contributed by atoms with Gasteiger partial charge in [0.05, 0.1) is 18.9 Å². The van der Waals surface area contributed by atoms with Crippen LogP contribution in [0.5, 0.6) is 0 Å². The van der Waals surface area contributed by atoms with Crippen LogP contribution in [-0.2, 0) is 20.9 Å². The Morgan fingerprint density at radius 3 is 2.16 bits per heavy atom. The molecule has 0 aliphatic carbocycles. The number of carbonyl (C=O) groups is 2. The van der Waals surface area contributed by atoms with Crippen molar-refractivity contribution in [2.24, 2.45) is 0 Å². The first-order valence-electron chi connectivity index (χ1n) is 8.91. The highest BCUT2D eigenvalue weighted by molar-refractivity contribution is 5.73. The van der Waals surface area contributed by atoms with E-state index in [1.165, 1.54) is 12.8 Å². The van der Waals surface area contributed by atoms with Crippen molar-refractivity contribution < 1.29 is 55.3 Å². The predicted octanol–water partition coefficient (Wildman–Crippen LogP) is 2.50. The number of furan rings is 1. The monoisotopic (exact) mass is 464 g/mol. The summed E-state index contributed by atoms with van der Waals surface area (Å²) in [4.78, 5) is 20.1. The highest BCUT2D eigenvalue weighted by atomic mass is 19.4. The number of halogens is 6. The molecule has 3 atom stereocenters. The van der Waals surface area contributed by atoms with Gasteiger partial charge < -0.3 is 24.7 Å². The molecule has 178 valence electrons. The average molecular weight is 464 g/mol. The molecule has 0 unspecified atom stereocenters. The van der Waals surface area contributed by atoms with Crippen molar-refractivity contribution in [3.05, 3.63) is 24.2 Å². The minimum Gasteiger partial charge on any atom is -0.475 e. The predicted molar refractivity (Wildman–Crippen MR) is 92.1 cm³/mol. The van der Waals surface area contributed by atoms with Crippen molar-refractivity contribution in [3.63, 3.8) is 0 Å². The number of nitrogens with one attached hydrogen (secondary N) is 1. The lowest BCUT2D eigenvalue weighted by atomic mass is 10.0. The molecule has 0 amide bonds. The molecule has 3 heterocycles. The van der Waals surface area contributed by atoms with Crippen LogP contribution in [0.3, 0.4) is 0 Å². The van der Waals surface area contributed by atoms with E-state index in [1.807, 2.05) is 12.1 Å². The second-order valence-electron chi connectivity index (χ2n) is 6.66. The number of carboxylic acids is 2. The summed E-state index contributed by atoms with van der Waals surface area (Å²) in [5.74, 6) is -4.49. The van der Waals surface area contributed by atoms with Gasteiger partial charge in [-0.2, -0.15) is 26.3 Å². The lowest BCUT2D eigenvalue weighted by Gasteiger charge is -2.33. The normalized spacial score (nSPS) is 23.2. The maximum absolute atomic E-state index is 10.6. The van der Waals surface area contributed by atoms with Crippen LogP contribution < -0.4 is 5.32 Å². The van der Waals surface area contributed by atoms with E-state index in [0.29, 0.717) is 18.2 Å². The lowest BCUT2D eigenvalue weighted by molar-refractivity contribution is -0.193. The first-order valence-corrected chi connectivity index (χ1v) is 8.91. The smallest absolute Gasteiger partial charge is 0.475 e. The maximum atomic E-state index is 10.6. The van der Waals surface area contributed by atoms with Gasteiger partial charge in [0.1, 0.15) is 5.76 Å². The molecule has 2 saturated heterocycles. The Hall–Kier alpha value is -2.32. The summed E-state index contributed by atoms with van der Waals surface area (Å²) in [6.07, 6.45) is -5.65. The van der Waals surface area contributed by atoms with Crippen molar-refractivity contribution in [1.82, 2.24) is 10.2 Å². The molecule has 0 spiro atoms. The maximum Gasteiger partial charge on any atom is 0.490 e. The van der Waals surface area contributed by atoms with E-state index in [0.717, 1.165) is 25.5 Å². The summed E-state index contributed by atoms with van der Waals surface area (Å²) in [6, 6.07) is 4.98. The van der Waals surface area contributed by atoms with E-state index in [9.17, 15) is 26.3 Å². The molecule has 14 heteroatoms. The molecular formula is C17H22F6N2O6. The first kappa shape index (κ1) is 26.7. The van der Waals surface area contributed by atoms with Crippen LogP contribution >= 0.6 is 0 Å². The summed E-state index contributed by atoms with van der Waals surface area (Å²) in [5.41, 5.74) is 0. The zero-order valence-electron chi connectivity index (χ0n) is 16.2. The Labute approximate surface area is 172 Å². The van der Waals surface area contributed by atoms with Gasteiger partial charge in [0.2, 0.25) is 0 Å². The fourth-order valence-electron chi connectivity index (χ4n) is 2.96. The van der Waals surface area contributed by atoms with Gasteiger partial charge in [-0.1, -0.05) is 0 Å². The molecule has 0 saturated carbocycles. The van der Waals surface area contributed by atoms with Crippen LogP contribution in [0.2, 0.25) is 0 Å². The van der Waals surface area contributed by atoms with E-state index < -0.39 is 24.3 Å². The largest absolute Gasteiger partial charge is 0.490 e. The molecule has 3 rings (SSSR count). The summed E-state index contributed by atoms with van der Waals surface area (Å²) in [6.45, 7) is 2.78. The fraction of sp³-hybridized carbons (Fsp3) is 0.647. The molecule has 31 heavy (non-hydrogen) atoms. The van der Waals surface area contributed by atoms with Crippen LogP contribution in [0.4, 0.5) is 26.3 Å². The Bertz CT molecular complexity index is 670. The molecule has 3 N–H and O–H groups in total. The standard InChI is InChI=1S/C13H20N2O2.2C2HF3O2/c1-15(9-10-4-2-6-16-10)12-8-14-11-5-3-7-17-13(11)12;2*3-2(4,5)1(6)7/h2,4,6,11-14H,3,5,7-9H2,1H3;2*(H,6,7)/t11-,12-,13+;;/m1../s1. The van der Waals surface area contributed by atoms with E-state index in [2.05, 4.69) is 17.3 Å².